The van der Waals surface area contributed by atoms with E-state index in [1.807, 2.05) is 43.3 Å². The van der Waals surface area contributed by atoms with Crippen LogP contribution in [-0.4, -0.2) is 36.3 Å². The topological polar surface area (TPSA) is 50.3 Å². The quantitative estimate of drug-likeness (QED) is 0.765. The first-order chi connectivity index (χ1) is 12.2. The van der Waals surface area contributed by atoms with Crippen molar-refractivity contribution in [3.63, 3.8) is 0 Å². The van der Waals surface area contributed by atoms with E-state index in [-0.39, 0.29) is 0 Å². The second kappa shape index (κ2) is 6.86. The largest absolute Gasteiger partial charge is 0.378 e. The number of aryl methyl sites for hydroxylation is 1. The zero-order valence-corrected chi connectivity index (χ0v) is 14.8. The van der Waals surface area contributed by atoms with E-state index < -0.39 is 0 Å². The van der Waals surface area contributed by atoms with Crippen LogP contribution in [0.5, 0.6) is 0 Å². The highest BCUT2D eigenvalue weighted by Gasteiger charge is 2.17. The van der Waals surface area contributed by atoms with Gasteiger partial charge in [0.1, 0.15) is 5.82 Å². The Kier molecular flexibility index (Phi) is 4.42. The maximum absolute atomic E-state index is 6.23. The fourth-order valence-corrected chi connectivity index (χ4v) is 3.11. The summed E-state index contributed by atoms with van der Waals surface area (Å²) in [5.41, 5.74) is 2.83. The number of nitrogens with one attached hydrogen (secondary N) is 1. The average Bonchev–Trinajstić information content (AvgIpc) is 2.65. The van der Waals surface area contributed by atoms with Crippen LogP contribution in [0.2, 0.25) is 5.02 Å². The molecule has 3 aromatic rings. The molecule has 1 aromatic heterocycles. The van der Waals surface area contributed by atoms with E-state index in [9.17, 15) is 0 Å². The molecule has 1 fully saturated rings. The Labute approximate surface area is 151 Å². The first-order valence-corrected chi connectivity index (χ1v) is 8.71. The van der Waals surface area contributed by atoms with Crippen LogP contribution in [0, 0.1) is 6.92 Å². The third-order valence-corrected chi connectivity index (χ3v) is 4.73. The van der Waals surface area contributed by atoms with Crippen LogP contribution in [0.3, 0.4) is 0 Å². The van der Waals surface area contributed by atoms with Gasteiger partial charge in [0.15, 0.2) is 0 Å². The molecule has 0 aliphatic carbocycles. The number of aromatic nitrogens is 2. The lowest BCUT2D eigenvalue weighted by Gasteiger charge is -2.29. The van der Waals surface area contributed by atoms with Gasteiger partial charge in [-0.3, -0.25) is 0 Å². The van der Waals surface area contributed by atoms with E-state index in [2.05, 4.69) is 21.3 Å². The van der Waals surface area contributed by atoms with Gasteiger partial charge in [0.25, 0.3) is 0 Å². The molecule has 5 nitrogen and oxygen atoms in total. The number of hydrogen-bond donors (Lipinski definition) is 1. The van der Waals surface area contributed by atoms with Crippen molar-refractivity contribution in [3.05, 3.63) is 53.1 Å². The Morgan fingerprint density at radius 2 is 1.88 bits per heavy atom. The number of para-hydroxylation sites is 1. The second-order valence-electron chi connectivity index (χ2n) is 6.08. The van der Waals surface area contributed by atoms with Crippen molar-refractivity contribution in [1.29, 1.82) is 0 Å². The van der Waals surface area contributed by atoms with Gasteiger partial charge in [0.05, 0.1) is 18.7 Å². The van der Waals surface area contributed by atoms with Gasteiger partial charge < -0.3 is 15.0 Å². The number of anilines is 3. The molecule has 0 unspecified atom stereocenters. The Balaban J connectivity index is 1.74. The Hall–Kier alpha value is -2.37. The lowest BCUT2D eigenvalue weighted by molar-refractivity contribution is 0.122. The van der Waals surface area contributed by atoms with Crippen LogP contribution in [0.25, 0.3) is 10.9 Å². The second-order valence-corrected chi connectivity index (χ2v) is 6.48. The van der Waals surface area contributed by atoms with Crippen LogP contribution in [0.1, 0.15) is 5.56 Å². The van der Waals surface area contributed by atoms with Gasteiger partial charge in [-0.2, -0.15) is 4.98 Å². The van der Waals surface area contributed by atoms with E-state index >= 15 is 0 Å². The number of hydrogen-bond acceptors (Lipinski definition) is 5. The molecule has 1 N–H and O–H groups in total. The fourth-order valence-electron chi connectivity index (χ4n) is 2.93. The summed E-state index contributed by atoms with van der Waals surface area (Å²) in [6.07, 6.45) is 0. The van der Waals surface area contributed by atoms with Crippen molar-refractivity contribution >= 4 is 40.0 Å². The maximum atomic E-state index is 6.23. The zero-order valence-electron chi connectivity index (χ0n) is 14.0. The maximum Gasteiger partial charge on any atom is 0.229 e. The van der Waals surface area contributed by atoms with Crippen LogP contribution in [-0.2, 0) is 4.74 Å². The molecule has 1 saturated heterocycles. The number of ether oxygens (including phenoxy) is 1. The minimum atomic E-state index is 0.570. The molecule has 0 spiro atoms. The molecule has 1 aliphatic rings. The standard InChI is InChI=1S/C19H19ClN4O/c1-13-6-7-14(12-16(13)20)21-19-22-17-5-3-2-4-15(17)18(23-19)24-8-10-25-11-9-24/h2-7,12H,8-11H2,1H3,(H,21,22,23). The number of rotatable bonds is 3. The monoisotopic (exact) mass is 354 g/mol. The third kappa shape index (κ3) is 3.38. The summed E-state index contributed by atoms with van der Waals surface area (Å²) in [6.45, 7) is 5.08. The zero-order chi connectivity index (χ0) is 17.2. The molecule has 2 aromatic carbocycles. The van der Waals surface area contributed by atoms with Crippen molar-refractivity contribution < 1.29 is 4.74 Å². The number of benzene rings is 2. The highest BCUT2D eigenvalue weighted by atomic mass is 35.5. The summed E-state index contributed by atoms with van der Waals surface area (Å²) in [5, 5.41) is 5.05. The van der Waals surface area contributed by atoms with Crippen molar-refractivity contribution in [2.75, 3.05) is 36.5 Å². The van der Waals surface area contributed by atoms with Crippen molar-refractivity contribution in [2.45, 2.75) is 6.92 Å². The van der Waals surface area contributed by atoms with Gasteiger partial charge in [-0.05, 0) is 36.8 Å². The summed E-state index contributed by atoms with van der Waals surface area (Å²) in [6, 6.07) is 13.9. The normalized spacial score (nSPS) is 14.7. The molecule has 0 bridgehead atoms. The summed E-state index contributed by atoms with van der Waals surface area (Å²) < 4.78 is 5.47. The average molecular weight is 355 g/mol. The van der Waals surface area contributed by atoms with Crippen LogP contribution >= 0.6 is 11.6 Å². The number of fused-ring (bicyclic) bond motifs is 1. The first-order valence-electron chi connectivity index (χ1n) is 8.33. The minimum Gasteiger partial charge on any atom is -0.378 e. The smallest absolute Gasteiger partial charge is 0.229 e. The SMILES string of the molecule is Cc1ccc(Nc2nc(N3CCOCC3)c3ccccc3n2)cc1Cl. The summed E-state index contributed by atoms with van der Waals surface area (Å²) in [4.78, 5) is 11.7. The molecular weight excluding hydrogens is 336 g/mol. The molecule has 128 valence electrons. The van der Waals surface area contributed by atoms with Crippen LogP contribution in [0.15, 0.2) is 42.5 Å². The molecule has 6 heteroatoms. The highest BCUT2D eigenvalue weighted by Crippen LogP contribution is 2.28. The lowest BCUT2D eigenvalue weighted by atomic mass is 10.2. The highest BCUT2D eigenvalue weighted by molar-refractivity contribution is 6.31. The van der Waals surface area contributed by atoms with Gasteiger partial charge in [0.2, 0.25) is 5.95 Å². The van der Waals surface area contributed by atoms with E-state index in [1.54, 1.807) is 0 Å². The van der Waals surface area contributed by atoms with Crippen molar-refractivity contribution in [1.82, 2.24) is 9.97 Å². The first kappa shape index (κ1) is 16.1. The van der Waals surface area contributed by atoms with E-state index in [0.717, 1.165) is 46.1 Å². The van der Waals surface area contributed by atoms with E-state index in [1.165, 1.54) is 0 Å². The Morgan fingerprint density at radius 1 is 1.08 bits per heavy atom. The van der Waals surface area contributed by atoms with E-state index in [0.29, 0.717) is 19.2 Å². The van der Waals surface area contributed by atoms with Gasteiger partial charge in [-0.15, -0.1) is 0 Å². The van der Waals surface area contributed by atoms with Crippen LogP contribution < -0.4 is 10.2 Å². The van der Waals surface area contributed by atoms with Gasteiger partial charge >= 0.3 is 0 Å². The molecule has 0 radical (unpaired) electrons. The number of halogens is 1. The number of morpholine rings is 1. The molecule has 2 heterocycles. The summed E-state index contributed by atoms with van der Waals surface area (Å²) in [7, 11) is 0. The third-order valence-electron chi connectivity index (χ3n) is 4.32. The van der Waals surface area contributed by atoms with Gasteiger partial charge in [0, 0.05) is 29.2 Å². The van der Waals surface area contributed by atoms with E-state index in [4.69, 9.17) is 21.3 Å². The minimum absolute atomic E-state index is 0.570. The van der Waals surface area contributed by atoms with Gasteiger partial charge in [-0.25, -0.2) is 4.98 Å². The van der Waals surface area contributed by atoms with Crippen molar-refractivity contribution in [3.8, 4) is 0 Å². The predicted octanol–water partition coefficient (Wildman–Crippen LogP) is 4.17. The molecule has 25 heavy (non-hydrogen) atoms. The molecule has 1 aliphatic heterocycles. The molecule has 0 atom stereocenters. The Bertz CT molecular complexity index is 909. The van der Waals surface area contributed by atoms with Crippen molar-refractivity contribution in [2.24, 2.45) is 0 Å². The van der Waals surface area contributed by atoms with Crippen LogP contribution in [0.4, 0.5) is 17.5 Å². The Morgan fingerprint density at radius 3 is 2.68 bits per heavy atom. The summed E-state index contributed by atoms with van der Waals surface area (Å²) >= 11 is 6.23. The number of nitrogens with zero attached hydrogens (tertiary/aromatic N) is 3. The molecule has 0 amide bonds. The fraction of sp³-hybridized carbons (Fsp3) is 0.263. The molecular formula is C19H19ClN4O. The predicted molar refractivity (Wildman–Crippen MR) is 102 cm³/mol. The molecule has 0 saturated carbocycles. The lowest BCUT2D eigenvalue weighted by Crippen LogP contribution is -2.37. The van der Waals surface area contributed by atoms with Gasteiger partial charge in [-0.1, -0.05) is 29.8 Å². The molecule has 4 rings (SSSR count). The summed E-state index contributed by atoms with van der Waals surface area (Å²) in [5.74, 6) is 1.51.